The monoisotopic (exact) mass is 570 g/mol. The minimum Gasteiger partial charge on any atom is -0.497 e. The third-order valence-electron chi connectivity index (χ3n) is 8.61. The van der Waals surface area contributed by atoms with Crippen LogP contribution >= 0.6 is 0 Å². The summed E-state index contributed by atoms with van der Waals surface area (Å²) in [5.41, 5.74) is 3.32. The van der Waals surface area contributed by atoms with Crippen molar-refractivity contribution in [2.24, 2.45) is 5.92 Å². The summed E-state index contributed by atoms with van der Waals surface area (Å²) in [4.78, 5) is 48.0. The highest BCUT2D eigenvalue weighted by Crippen LogP contribution is 2.34. The van der Waals surface area contributed by atoms with Gasteiger partial charge < -0.3 is 19.4 Å². The van der Waals surface area contributed by atoms with Crippen LogP contribution in [0.4, 0.5) is 15.8 Å². The van der Waals surface area contributed by atoms with E-state index >= 15 is 0 Å². The summed E-state index contributed by atoms with van der Waals surface area (Å²) in [6, 6.07) is 19.6. The van der Waals surface area contributed by atoms with Crippen LogP contribution in [-0.2, 0) is 11.2 Å². The molecule has 3 amide bonds. The highest BCUT2D eigenvalue weighted by Gasteiger charge is 2.39. The number of methoxy groups -OCH3 is 1. The Balaban J connectivity index is 1.11. The lowest BCUT2D eigenvalue weighted by Gasteiger charge is -2.40. The van der Waals surface area contributed by atoms with Crippen molar-refractivity contribution in [2.75, 3.05) is 62.7 Å². The highest BCUT2D eigenvalue weighted by atomic mass is 19.1. The summed E-state index contributed by atoms with van der Waals surface area (Å²) >= 11 is 0. The molecule has 42 heavy (non-hydrogen) atoms. The third-order valence-corrected chi connectivity index (χ3v) is 8.61. The van der Waals surface area contributed by atoms with Gasteiger partial charge >= 0.3 is 0 Å². The normalized spacial score (nSPS) is 18.9. The summed E-state index contributed by atoms with van der Waals surface area (Å²) in [7, 11) is 1.66. The average Bonchev–Trinajstić information content (AvgIpc) is 3.28. The Labute approximate surface area is 245 Å². The van der Waals surface area contributed by atoms with Gasteiger partial charge in [-0.25, -0.2) is 4.39 Å². The molecule has 0 aliphatic carbocycles. The predicted molar refractivity (Wildman–Crippen MR) is 159 cm³/mol. The van der Waals surface area contributed by atoms with E-state index in [0.717, 1.165) is 42.9 Å². The number of anilines is 2. The second-order valence-corrected chi connectivity index (χ2v) is 11.1. The zero-order chi connectivity index (χ0) is 29.2. The van der Waals surface area contributed by atoms with Crippen LogP contribution < -0.4 is 14.5 Å². The lowest BCUT2D eigenvalue weighted by Crippen LogP contribution is -2.52. The number of piperazine rings is 1. The van der Waals surface area contributed by atoms with Crippen LogP contribution in [0.2, 0.25) is 0 Å². The van der Waals surface area contributed by atoms with E-state index in [1.807, 2.05) is 29.2 Å². The van der Waals surface area contributed by atoms with Crippen molar-refractivity contribution in [3.63, 3.8) is 0 Å². The maximum atomic E-state index is 13.6. The molecule has 3 aromatic carbocycles. The fourth-order valence-electron chi connectivity index (χ4n) is 6.36. The van der Waals surface area contributed by atoms with Crippen LogP contribution in [0.15, 0.2) is 66.7 Å². The Morgan fingerprint density at radius 1 is 0.905 bits per heavy atom. The number of carbonyl (C=O) groups excluding carboxylic acids is 3. The van der Waals surface area contributed by atoms with E-state index in [1.165, 1.54) is 17.0 Å². The molecule has 6 rings (SSSR count). The third kappa shape index (κ3) is 5.43. The Kier molecular flexibility index (Phi) is 7.82. The quantitative estimate of drug-likeness (QED) is 0.396. The second kappa shape index (κ2) is 11.8. The lowest BCUT2D eigenvalue weighted by molar-refractivity contribution is -0.136. The molecule has 3 aromatic rings. The molecule has 0 spiro atoms. The SMILES string of the molecule is COc1cccc(N2CCN(C(=O)[C@@H]3CCCN(c4cccc5c4C(=O)N(CCc4cccc(F)c4)C5=O)C3)CC2)c1. The van der Waals surface area contributed by atoms with Gasteiger partial charge in [-0.05, 0) is 61.2 Å². The zero-order valence-electron chi connectivity index (χ0n) is 23.8. The van der Waals surface area contributed by atoms with Gasteiger partial charge in [0.25, 0.3) is 11.8 Å². The van der Waals surface area contributed by atoms with Crippen LogP contribution in [0.5, 0.6) is 5.75 Å². The molecule has 8 nitrogen and oxygen atoms in total. The van der Waals surface area contributed by atoms with Crippen LogP contribution in [-0.4, -0.2) is 80.4 Å². The Morgan fingerprint density at radius 3 is 2.48 bits per heavy atom. The van der Waals surface area contributed by atoms with Gasteiger partial charge in [-0.1, -0.05) is 24.3 Å². The van der Waals surface area contributed by atoms with Crippen molar-refractivity contribution in [1.82, 2.24) is 9.80 Å². The van der Waals surface area contributed by atoms with E-state index in [2.05, 4.69) is 15.9 Å². The number of piperidine rings is 1. The van der Waals surface area contributed by atoms with E-state index in [9.17, 15) is 18.8 Å². The maximum Gasteiger partial charge on any atom is 0.263 e. The standard InChI is InChI=1S/C33H35FN4O4/c1-42-27-10-3-9-26(21-27)35-16-18-36(19-17-35)31(39)24-7-5-14-37(22-24)29-12-4-11-28-30(29)33(41)38(32(28)40)15-13-23-6-2-8-25(34)20-23/h2-4,6,8-12,20-21,24H,5,7,13-19,22H2,1H3/t24-/m1/s1. The summed E-state index contributed by atoms with van der Waals surface area (Å²) in [5, 5.41) is 0. The fourth-order valence-corrected chi connectivity index (χ4v) is 6.36. The molecule has 0 bridgehead atoms. The molecule has 2 fully saturated rings. The van der Waals surface area contributed by atoms with Gasteiger partial charge in [0.2, 0.25) is 5.91 Å². The van der Waals surface area contributed by atoms with Gasteiger partial charge in [0.1, 0.15) is 11.6 Å². The molecule has 218 valence electrons. The molecule has 0 radical (unpaired) electrons. The summed E-state index contributed by atoms with van der Waals surface area (Å²) in [6.45, 7) is 4.22. The molecule has 0 aromatic heterocycles. The van der Waals surface area contributed by atoms with Gasteiger partial charge in [0.05, 0.1) is 29.8 Å². The number of halogens is 1. The molecule has 1 atom stereocenters. The number of fused-ring (bicyclic) bond motifs is 1. The predicted octanol–water partition coefficient (Wildman–Crippen LogP) is 4.24. The average molecular weight is 571 g/mol. The van der Waals surface area contributed by atoms with Gasteiger partial charge in [-0.2, -0.15) is 0 Å². The summed E-state index contributed by atoms with van der Waals surface area (Å²) < 4.78 is 19.0. The fraction of sp³-hybridized carbons (Fsp3) is 0.364. The van der Waals surface area contributed by atoms with E-state index in [0.29, 0.717) is 49.4 Å². The molecule has 2 saturated heterocycles. The number of ether oxygens (including phenoxy) is 1. The van der Waals surface area contributed by atoms with Crippen molar-refractivity contribution < 1.29 is 23.5 Å². The number of hydrogen-bond donors (Lipinski definition) is 0. The van der Waals surface area contributed by atoms with E-state index < -0.39 is 0 Å². The largest absolute Gasteiger partial charge is 0.497 e. The van der Waals surface area contributed by atoms with Crippen molar-refractivity contribution >= 4 is 29.1 Å². The van der Waals surface area contributed by atoms with Gasteiger partial charge in [0.15, 0.2) is 0 Å². The van der Waals surface area contributed by atoms with Crippen molar-refractivity contribution in [3.05, 3.63) is 89.2 Å². The maximum absolute atomic E-state index is 13.6. The number of benzene rings is 3. The number of rotatable bonds is 7. The van der Waals surface area contributed by atoms with Crippen LogP contribution in [0.1, 0.15) is 39.1 Å². The molecular weight excluding hydrogens is 535 g/mol. The molecule has 0 N–H and O–H groups in total. The van der Waals surface area contributed by atoms with E-state index in [4.69, 9.17) is 4.74 Å². The topological polar surface area (TPSA) is 73.4 Å². The van der Waals surface area contributed by atoms with Crippen LogP contribution in [0.25, 0.3) is 0 Å². The smallest absolute Gasteiger partial charge is 0.263 e. The molecule has 3 heterocycles. The number of nitrogens with zero attached hydrogens (tertiary/aromatic N) is 4. The van der Waals surface area contributed by atoms with Gasteiger partial charge in [0, 0.05) is 57.6 Å². The molecule has 0 unspecified atom stereocenters. The summed E-state index contributed by atoms with van der Waals surface area (Å²) in [5.74, 6) is -0.206. The molecule has 0 saturated carbocycles. The van der Waals surface area contributed by atoms with Crippen molar-refractivity contribution in [3.8, 4) is 5.75 Å². The van der Waals surface area contributed by atoms with Crippen LogP contribution in [0.3, 0.4) is 0 Å². The first-order chi connectivity index (χ1) is 20.4. The first-order valence-corrected chi connectivity index (χ1v) is 14.6. The molecule has 3 aliphatic rings. The van der Waals surface area contributed by atoms with Crippen molar-refractivity contribution in [2.45, 2.75) is 19.3 Å². The first-order valence-electron chi connectivity index (χ1n) is 14.6. The molecule has 9 heteroatoms. The minimum atomic E-state index is -0.343. The first kappa shape index (κ1) is 27.8. The van der Waals surface area contributed by atoms with E-state index in [1.54, 1.807) is 31.4 Å². The Bertz CT molecular complexity index is 1500. The number of imide groups is 1. The molecule has 3 aliphatic heterocycles. The molecular formula is C33H35FN4O4. The lowest BCUT2D eigenvalue weighted by atomic mass is 9.94. The minimum absolute atomic E-state index is 0.150. The van der Waals surface area contributed by atoms with E-state index in [-0.39, 0.29) is 36.0 Å². The second-order valence-electron chi connectivity index (χ2n) is 11.1. The van der Waals surface area contributed by atoms with Gasteiger partial charge in [-0.15, -0.1) is 0 Å². The Morgan fingerprint density at radius 2 is 1.69 bits per heavy atom. The number of hydrogen-bond acceptors (Lipinski definition) is 6. The number of amides is 3. The van der Waals surface area contributed by atoms with Crippen LogP contribution in [0, 0.1) is 11.7 Å². The summed E-state index contributed by atoms with van der Waals surface area (Å²) in [6.07, 6.45) is 2.01. The number of carbonyl (C=O) groups is 3. The van der Waals surface area contributed by atoms with Crippen molar-refractivity contribution in [1.29, 1.82) is 0 Å². The zero-order valence-corrected chi connectivity index (χ0v) is 23.8. The van der Waals surface area contributed by atoms with Gasteiger partial charge in [-0.3, -0.25) is 19.3 Å². The Hall–Kier alpha value is -4.40. The highest BCUT2D eigenvalue weighted by molar-refractivity contribution is 6.23.